The van der Waals surface area contributed by atoms with E-state index in [4.69, 9.17) is 0 Å². The number of nitrogens with zero attached hydrogens (tertiary/aromatic N) is 1. The van der Waals surface area contributed by atoms with Gasteiger partial charge in [-0.1, -0.05) is 78.9 Å². The molecule has 130 valence electrons. The van der Waals surface area contributed by atoms with Crippen LogP contribution in [-0.2, 0) is 5.60 Å². The fourth-order valence-electron chi connectivity index (χ4n) is 3.71. The molecular weight excluding hydrogens is 306 g/mol. The first-order chi connectivity index (χ1) is 12.1. The summed E-state index contributed by atoms with van der Waals surface area (Å²) in [5.41, 5.74) is 0.354. The van der Waals surface area contributed by atoms with E-state index in [1.165, 1.54) is 19.3 Å². The van der Waals surface area contributed by atoms with Crippen LogP contribution >= 0.6 is 0 Å². The Morgan fingerprint density at radius 2 is 1.40 bits per heavy atom. The number of hydrogen-bond donors (Lipinski definition) is 1. The van der Waals surface area contributed by atoms with Crippen LogP contribution in [0.25, 0.3) is 0 Å². The lowest BCUT2D eigenvalue weighted by Crippen LogP contribution is -2.43. The number of aliphatic hydroxyl groups is 1. The van der Waals surface area contributed by atoms with E-state index in [2.05, 4.69) is 30.6 Å². The molecule has 0 spiro atoms. The van der Waals surface area contributed by atoms with Crippen molar-refractivity contribution in [3.8, 4) is 11.8 Å². The lowest BCUT2D eigenvalue weighted by Gasteiger charge is -2.37. The minimum absolute atomic E-state index is 0.555. The largest absolute Gasteiger partial charge is 0.369 e. The third-order valence-electron chi connectivity index (χ3n) is 5.29. The van der Waals surface area contributed by atoms with Gasteiger partial charge in [0.2, 0.25) is 0 Å². The summed E-state index contributed by atoms with van der Waals surface area (Å²) in [7, 11) is 0. The zero-order valence-corrected chi connectivity index (χ0v) is 15.2. The van der Waals surface area contributed by atoms with Gasteiger partial charge in [0.1, 0.15) is 0 Å². The molecule has 1 aliphatic rings. The van der Waals surface area contributed by atoms with Crippen molar-refractivity contribution in [2.24, 2.45) is 0 Å². The van der Waals surface area contributed by atoms with Gasteiger partial charge in [-0.15, -0.1) is 0 Å². The van der Waals surface area contributed by atoms with Crippen molar-refractivity contribution < 1.29 is 5.11 Å². The lowest BCUT2D eigenvalue weighted by molar-refractivity contribution is 0.120. The first-order valence-electron chi connectivity index (χ1n) is 9.20. The molecule has 0 saturated carbocycles. The van der Waals surface area contributed by atoms with Crippen molar-refractivity contribution in [3.05, 3.63) is 71.8 Å². The molecule has 2 aromatic carbocycles. The molecule has 0 radical (unpaired) electrons. The zero-order valence-electron chi connectivity index (χ0n) is 15.2. The summed E-state index contributed by atoms with van der Waals surface area (Å²) in [6, 6.07) is 20.6. The van der Waals surface area contributed by atoms with E-state index in [9.17, 15) is 5.11 Å². The topological polar surface area (TPSA) is 23.5 Å². The first-order valence-corrected chi connectivity index (χ1v) is 9.20. The summed E-state index contributed by atoms with van der Waals surface area (Å²) in [6.45, 7) is 5.25. The Morgan fingerprint density at radius 1 is 0.920 bits per heavy atom. The molecule has 0 aliphatic carbocycles. The fraction of sp³-hybridized carbons (Fsp3) is 0.391. The van der Waals surface area contributed by atoms with E-state index in [-0.39, 0.29) is 0 Å². The second kappa shape index (κ2) is 7.87. The second-order valence-corrected chi connectivity index (χ2v) is 7.05. The van der Waals surface area contributed by atoms with Crippen LogP contribution in [0.15, 0.2) is 60.7 Å². The average Bonchev–Trinajstić information content (AvgIpc) is 2.65. The molecule has 1 saturated heterocycles. The molecule has 1 fully saturated rings. The molecule has 1 N–H and O–H groups in total. The average molecular weight is 333 g/mol. The number of likely N-dealkylation sites (tertiary alicyclic amines) is 1. The third kappa shape index (κ3) is 3.95. The van der Waals surface area contributed by atoms with E-state index in [1.807, 2.05) is 60.7 Å². The van der Waals surface area contributed by atoms with Crippen LogP contribution in [-0.4, -0.2) is 28.6 Å². The fourth-order valence-corrected chi connectivity index (χ4v) is 3.71. The number of rotatable bonds is 3. The normalized spacial score (nSPS) is 21.4. The summed E-state index contributed by atoms with van der Waals surface area (Å²) in [5.74, 6) is 6.46. The molecule has 2 atom stereocenters. The molecule has 2 nitrogen and oxygen atoms in total. The number of piperidine rings is 1. The summed E-state index contributed by atoms with van der Waals surface area (Å²) < 4.78 is 0. The van der Waals surface area contributed by atoms with E-state index in [0.717, 1.165) is 11.1 Å². The molecule has 25 heavy (non-hydrogen) atoms. The van der Waals surface area contributed by atoms with Crippen molar-refractivity contribution in [2.45, 2.75) is 50.8 Å². The van der Waals surface area contributed by atoms with Gasteiger partial charge in [-0.2, -0.15) is 0 Å². The van der Waals surface area contributed by atoms with Crippen LogP contribution in [0.3, 0.4) is 0 Å². The van der Waals surface area contributed by atoms with Crippen molar-refractivity contribution in [1.29, 1.82) is 0 Å². The van der Waals surface area contributed by atoms with Crippen molar-refractivity contribution in [2.75, 3.05) is 6.54 Å². The summed E-state index contributed by atoms with van der Waals surface area (Å²) >= 11 is 0. The monoisotopic (exact) mass is 333 g/mol. The highest BCUT2D eigenvalue weighted by Crippen LogP contribution is 2.29. The molecule has 2 heteroatoms. The molecule has 0 amide bonds. The lowest BCUT2D eigenvalue weighted by atomic mass is 9.87. The van der Waals surface area contributed by atoms with Gasteiger partial charge >= 0.3 is 0 Å². The van der Waals surface area contributed by atoms with Gasteiger partial charge < -0.3 is 5.11 Å². The molecular formula is C23H27NO. The Bertz CT molecular complexity index is 679. The van der Waals surface area contributed by atoms with Crippen LogP contribution in [0.2, 0.25) is 0 Å². The Morgan fingerprint density at radius 3 is 1.88 bits per heavy atom. The molecule has 0 unspecified atom stereocenters. The van der Waals surface area contributed by atoms with Crippen molar-refractivity contribution >= 4 is 0 Å². The van der Waals surface area contributed by atoms with Gasteiger partial charge in [0.15, 0.2) is 5.60 Å². The van der Waals surface area contributed by atoms with Crippen LogP contribution in [0.1, 0.15) is 44.2 Å². The Labute approximate surface area is 151 Å². The van der Waals surface area contributed by atoms with E-state index in [1.54, 1.807) is 0 Å². The summed E-state index contributed by atoms with van der Waals surface area (Å²) in [5, 5.41) is 11.4. The predicted octanol–water partition coefficient (Wildman–Crippen LogP) is 4.19. The molecule has 1 aliphatic heterocycles. The quantitative estimate of drug-likeness (QED) is 0.852. The molecule has 1 heterocycles. The highest BCUT2D eigenvalue weighted by Gasteiger charge is 2.29. The predicted molar refractivity (Wildman–Crippen MR) is 103 cm³/mol. The number of hydrogen-bond acceptors (Lipinski definition) is 2. The third-order valence-corrected chi connectivity index (χ3v) is 5.29. The van der Waals surface area contributed by atoms with E-state index >= 15 is 0 Å². The van der Waals surface area contributed by atoms with E-state index < -0.39 is 5.60 Å². The molecule has 3 rings (SSSR count). The molecule has 0 aromatic heterocycles. The summed E-state index contributed by atoms with van der Waals surface area (Å²) in [6.07, 6.45) is 3.76. The minimum Gasteiger partial charge on any atom is -0.369 e. The van der Waals surface area contributed by atoms with Crippen molar-refractivity contribution in [1.82, 2.24) is 4.90 Å². The number of benzene rings is 2. The second-order valence-electron chi connectivity index (χ2n) is 7.05. The van der Waals surface area contributed by atoms with Crippen LogP contribution in [0.5, 0.6) is 0 Å². The smallest absolute Gasteiger partial charge is 0.176 e. The maximum Gasteiger partial charge on any atom is 0.176 e. The van der Waals surface area contributed by atoms with Crippen LogP contribution in [0.4, 0.5) is 0 Å². The first kappa shape index (κ1) is 17.7. The van der Waals surface area contributed by atoms with Crippen LogP contribution in [0, 0.1) is 11.8 Å². The molecule has 0 bridgehead atoms. The zero-order chi connectivity index (χ0) is 17.7. The van der Waals surface area contributed by atoms with Gasteiger partial charge in [0.05, 0.1) is 6.54 Å². The van der Waals surface area contributed by atoms with Gasteiger partial charge in [-0.25, -0.2) is 0 Å². The van der Waals surface area contributed by atoms with Gasteiger partial charge in [-0.05, 0) is 26.7 Å². The van der Waals surface area contributed by atoms with Gasteiger partial charge in [0, 0.05) is 23.2 Å². The highest BCUT2D eigenvalue weighted by molar-refractivity contribution is 5.44. The maximum atomic E-state index is 11.4. The highest BCUT2D eigenvalue weighted by atomic mass is 16.3. The van der Waals surface area contributed by atoms with Gasteiger partial charge in [0.25, 0.3) is 0 Å². The SMILES string of the molecule is C[C@@H]1CCC[C@@H](C)N1CC#CC(O)(c1ccccc1)c1ccccc1. The maximum absolute atomic E-state index is 11.4. The van der Waals surface area contributed by atoms with Crippen molar-refractivity contribution in [3.63, 3.8) is 0 Å². The standard InChI is InChI=1S/C23H27NO/c1-19-11-9-12-20(2)24(19)18-10-17-23(25,21-13-5-3-6-14-21)22-15-7-4-8-16-22/h3-8,13-16,19-20,25H,9,11-12,18H2,1-2H3/t19-,20-/m1/s1. The van der Waals surface area contributed by atoms with E-state index in [0.29, 0.717) is 18.6 Å². The Kier molecular flexibility index (Phi) is 5.58. The minimum atomic E-state index is -1.27. The Hall–Kier alpha value is -2.08. The Balaban J connectivity index is 1.90. The summed E-state index contributed by atoms with van der Waals surface area (Å²) in [4.78, 5) is 2.45. The molecule has 2 aromatic rings. The van der Waals surface area contributed by atoms with Crippen LogP contribution < -0.4 is 0 Å². The van der Waals surface area contributed by atoms with Gasteiger partial charge in [-0.3, -0.25) is 4.90 Å².